The molecule has 0 amide bonds. The van der Waals surface area contributed by atoms with E-state index >= 15 is 0 Å². The number of aromatic nitrogens is 1. The van der Waals surface area contributed by atoms with E-state index in [1.54, 1.807) is 0 Å². The Labute approximate surface area is 81.7 Å². The van der Waals surface area contributed by atoms with Gasteiger partial charge in [-0.1, -0.05) is 0 Å². The van der Waals surface area contributed by atoms with E-state index in [0.29, 0.717) is 5.69 Å². The standard InChI is InChI=1S/C7H7BrF2N2O/c8-6-5(13)4(7(9)10)1-3(2-11)12-6/h1,7,13H,2,11H2. The SMILES string of the molecule is NCc1cc(C(F)F)c(O)c(Br)n1. The third-order valence-electron chi connectivity index (χ3n) is 1.48. The third-order valence-corrected chi connectivity index (χ3v) is 2.03. The van der Waals surface area contributed by atoms with Gasteiger partial charge >= 0.3 is 0 Å². The molecule has 0 aromatic carbocycles. The van der Waals surface area contributed by atoms with Gasteiger partial charge in [-0.05, 0) is 22.0 Å². The Balaban J connectivity index is 3.25. The fourth-order valence-electron chi connectivity index (χ4n) is 0.849. The molecule has 0 fully saturated rings. The molecule has 1 aromatic rings. The molecule has 0 atom stereocenters. The molecule has 6 heteroatoms. The molecule has 0 saturated carbocycles. The lowest BCUT2D eigenvalue weighted by atomic mass is 10.2. The van der Waals surface area contributed by atoms with Crippen molar-refractivity contribution in [3.05, 3.63) is 21.9 Å². The van der Waals surface area contributed by atoms with Crippen molar-refractivity contribution >= 4 is 15.9 Å². The average Bonchev–Trinajstić information content (AvgIpc) is 2.09. The zero-order valence-corrected chi connectivity index (χ0v) is 8.05. The second-order valence-corrected chi connectivity index (χ2v) is 3.10. The molecule has 13 heavy (non-hydrogen) atoms. The molecular formula is C7H7BrF2N2O. The summed E-state index contributed by atoms with van der Waals surface area (Å²) in [6, 6.07) is 1.09. The molecule has 1 heterocycles. The molecular weight excluding hydrogens is 246 g/mol. The van der Waals surface area contributed by atoms with Gasteiger partial charge in [-0.3, -0.25) is 0 Å². The van der Waals surface area contributed by atoms with E-state index in [9.17, 15) is 8.78 Å². The average molecular weight is 253 g/mol. The molecule has 0 unspecified atom stereocenters. The van der Waals surface area contributed by atoms with Crippen LogP contribution in [0.1, 0.15) is 17.7 Å². The first kappa shape index (κ1) is 10.3. The predicted octanol–water partition coefficient (Wildman–Crippen LogP) is 1.95. The van der Waals surface area contributed by atoms with Gasteiger partial charge in [-0.25, -0.2) is 13.8 Å². The van der Waals surface area contributed by atoms with Crippen LogP contribution in [-0.4, -0.2) is 10.1 Å². The van der Waals surface area contributed by atoms with E-state index < -0.39 is 17.7 Å². The summed E-state index contributed by atoms with van der Waals surface area (Å²) in [6.07, 6.45) is -2.73. The monoisotopic (exact) mass is 252 g/mol. The molecule has 0 radical (unpaired) electrons. The molecule has 0 aliphatic carbocycles. The highest BCUT2D eigenvalue weighted by molar-refractivity contribution is 9.10. The first-order valence-corrected chi connectivity index (χ1v) is 4.22. The van der Waals surface area contributed by atoms with Gasteiger partial charge in [0.25, 0.3) is 6.43 Å². The molecule has 1 aromatic heterocycles. The van der Waals surface area contributed by atoms with Crippen LogP contribution in [0.25, 0.3) is 0 Å². The second kappa shape index (κ2) is 3.97. The van der Waals surface area contributed by atoms with Crippen molar-refractivity contribution in [1.29, 1.82) is 0 Å². The smallest absolute Gasteiger partial charge is 0.267 e. The third kappa shape index (κ3) is 2.13. The van der Waals surface area contributed by atoms with E-state index in [1.807, 2.05) is 0 Å². The molecule has 0 saturated heterocycles. The Morgan fingerprint density at radius 1 is 1.62 bits per heavy atom. The van der Waals surface area contributed by atoms with Crippen LogP contribution in [0.3, 0.4) is 0 Å². The largest absolute Gasteiger partial charge is 0.505 e. The molecule has 3 nitrogen and oxygen atoms in total. The minimum Gasteiger partial charge on any atom is -0.505 e. The van der Waals surface area contributed by atoms with Gasteiger partial charge < -0.3 is 10.8 Å². The summed E-state index contributed by atoms with van der Waals surface area (Å²) in [6.45, 7) is 0.0542. The van der Waals surface area contributed by atoms with E-state index in [1.165, 1.54) is 0 Å². The van der Waals surface area contributed by atoms with Gasteiger partial charge in [0.15, 0.2) is 5.75 Å². The highest BCUT2D eigenvalue weighted by Crippen LogP contribution is 2.33. The molecule has 72 valence electrons. The normalized spacial score (nSPS) is 10.8. The van der Waals surface area contributed by atoms with Crippen LogP contribution in [0.5, 0.6) is 5.75 Å². The number of rotatable bonds is 2. The molecule has 0 aliphatic heterocycles. The van der Waals surface area contributed by atoms with Gasteiger partial charge in [0, 0.05) is 6.54 Å². The van der Waals surface area contributed by atoms with E-state index in [4.69, 9.17) is 10.8 Å². The Bertz CT molecular complexity index is 320. The topological polar surface area (TPSA) is 59.1 Å². The summed E-state index contributed by atoms with van der Waals surface area (Å²) >= 11 is 2.86. The maximum Gasteiger partial charge on any atom is 0.267 e. The minimum absolute atomic E-state index is 0.00856. The number of halogens is 3. The number of hydrogen-bond donors (Lipinski definition) is 2. The Morgan fingerprint density at radius 2 is 2.23 bits per heavy atom. The summed E-state index contributed by atoms with van der Waals surface area (Å²) < 4.78 is 24.5. The number of nitrogens with zero attached hydrogens (tertiary/aromatic N) is 1. The maximum absolute atomic E-state index is 12.3. The lowest BCUT2D eigenvalue weighted by Gasteiger charge is -2.06. The Kier molecular flexibility index (Phi) is 3.16. The number of pyridine rings is 1. The van der Waals surface area contributed by atoms with Crippen molar-refractivity contribution in [2.75, 3.05) is 0 Å². The summed E-state index contributed by atoms with van der Waals surface area (Å²) in [4.78, 5) is 3.74. The number of aromatic hydroxyl groups is 1. The van der Waals surface area contributed by atoms with Crippen LogP contribution >= 0.6 is 15.9 Å². The zero-order valence-electron chi connectivity index (χ0n) is 6.47. The minimum atomic E-state index is -2.73. The molecule has 1 rings (SSSR count). The van der Waals surface area contributed by atoms with Gasteiger partial charge in [-0.2, -0.15) is 0 Å². The molecule has 0 bridgehead atoms. The van der Waals surface area contributed by atoms with Gasteiger partial charge in [0.2, 0.25) is 0 Å². The van der Waals surface area contributed by atoms with E-state index in [2.05, 4.69) is 20.9 Å². The molecule has 0 aliphatic rings. The van der Waals surface area contributed by atoms with Crippen molar-refractivity contribution in [2.45, 2.75) is 13.0 Å². The van der Waals surface area contributed by atoms with Gasteiger partial charge in [0.05, 0.1) is 11.3 Å². The van der Waals surface area contributed by atoms with E-state index in [-0.39, 0.29) is 11.1 Å². The summed E-state index contributed by atoms with van der Waals surface area (Å²) in [5.74, 6) is -0.535. The zero-order chi connectivity index (χ0) is 10.0. The van der Waals surface area contributed by atoms with Crippen LogP contribution in [0.15, 0.2) is 10.7 Å². The first-order chi connectivity index (χ1) is 6.06. The summed E-state index contributed by atoms with van der Waals surface area (Å²) in [7, 11) is 0. The predicted molar refractivity (Wildman–Crippen MR) is 46.5 cm³/mol. The Hall–Kier alpha value is -0.750. The molecule has 0 spiro atoms. The van der Waals surface area contributed by atoms with Crippen LogP contribution in [0, 0.1) is 0 Å². The van der Waals surface area contributed by atoms with E-state index in [0.717, 1.165) is 6.07 Å². The first-order valence-electron chi connectivity index (χ1n) is 3.42. The summed E-state index contributed by atoms with van der Waals surface area (Å²) in [5, 5.41) is 9.16. The molecule has 3 N–H and O–H groups in total. The van der Waals surface area contributed by atoms with Crippen molar-refractivity contribution in [3.8, 4) is 5.75 Å². The fourth-order valence-corrected chi connectivity index (χ4v) is 1.31. The Morgan fingerprint density at radius 3 is 2.69 bits per heavy atom. The lowest BCUT2D eigenvalue weighted by molar-refractivity contribution is 0.147. The van der Waals surface area contributed by atoms with Crippen LogP contribution in [0.2, 0.25) is 0 Å². The van der Waals surface area contributed by atoms with Crippen LogP contribution in [0.4, 0.5) is 8.78 Å². The summed E-state index contributed by atoms with van der Waals surface area (Å²) in [5.41, 5.74) is 5.08. The maximum atomic E-state index is 12.3. The lowest BCUT2D eigenvalue weighted by Crippen LogP contribution is -2.02. The van der Waals surface area contributed by atoms with Crippen molar-refractivity contribution < 1.29 is 13.9 Å². The number of hydrogen-bond acceptors (Lipinski definition) is 3. The highest BCUT2D eigenvalue weighted by Gasteiger charge is 2.16. The van der Waals surface area contributed by atoms with Crippen molar-refractivity contribution in [2.24, 2.45) is 5.73 Å². The number of alkyl halides is 2. The van der Waals surface area contributed by atoms with Crippen molar-refractivity contribution in [3.63, 3.8) is 0 Å². The second-order valence-electron chi connectivity index (χ2n) is 2.35. The fraction of sp³-hybridized carbons (Fsp3) is 0.286. The van der Waals surface area contributed by atoms with Crippen LogP contribution < -0.4 is 5.73 Å². The van der Waals surface area contributed by atoms with Gasteiger partial charge in [-0.15, -0.1) is 0 Å². The van der Waals surface area contributed by atoms with Crippen molar-refractivity contribution in [1.82, 2.24) is 4.98 Å². The van der Waals surface area contributed by atoms with Crippen LogP contribution in [-0.2, 0) is 6.54 Å². The van der Waals surface area contributed by atoms with Gasteiger partial charge in [0.1, 0.15) is 4.60 Å². The number of nitrogens with two attached hydrogens (primary N) is 1. The quantitative estimate of drug-likeness (QED) is 0.792. The highest BCUT2D eigenvalue weighted by atomic mass is 79.9.